The predicted molar refractivity (Wildman–Crippen MR) is 122 cm³/mol. The molecule has 30 heavy (non-hydrogen) atoms. The summed E-state index contributed by atoms with van der Waals surface area (Å²) in [5, 5.41) is 3.73. The Bertz CT molecular complexity index is 1070. The van der Waals surface area contributed by atoms with Gasteiger partial charge in [-0.1, -0.05) is 68.3 Å². The number of benzene rings is 1. The van der Waals surface area contributed by atoms with E-state index in [1.165, 1.54) is 24.6 Å². The van der Waals surface area contributed by atoms with E-state index in [9.17, 15) is 9.59 Å². The van der Waals surface area contributed by atoms with E-state index in [0.29, 0.717) is 28.8 Å². The number of hydrogen-bond acceptors (Lipinski definition) is 4. The molecule has 6 nitrogen and oxygen atoms in total. The molecular formula is C23H28N4O2S. The van der Waals surface area contributed by atoms with Crippen molar-refractivity contribution in [3.8, 4) is 11.1 Å². The van der Waals surface area contributed by atoms with E-state index in [1.807, 2.05) is 36.5 Å². The molecule has 4 rings (SSSR count). The average molecular weight is 425 g/mol. The second kappa shape index (κ2) is 9.51. The van der Waals surface area contributed by atoms with Crippen LogP contribution in [-0.2, 0) is 11.3 Å². The van der Waals surface area contributed by atoms with Crippen molar-refractivity contribution in [3.63, 3.8) is 0 Å². The lowest BCUT2D eigenvalue weighted by Gasteiger charge is -2.14. The highest BCUT2D eigenvalue weighted by atomic mass is 32.2. The number of nitrogens with one attached hydrogen (secondary N) is 2. The van der Waals surface area contributed by atoms with Crippen LogP contribution in [-0.4, -0.2) is 32.2 Å². The summed E-state index contributed by atoms with van der Waals surface area (Å²) in [4.78, 5) is 33.6. The molecule has 0 atom stereocenters. The van der Waals surface area contributed by atoms with Crippen LogP contribution >= 0.6 is 11.8 Å². The molecule has 0 radical (unpaired) electrons. The first-order chi connectivity index (χ1) is 14.7. The lowest BCUT2D eigenvalue weighted by atomic mass is 10.1. The number of carbonyl (C=O) groups is 1. The van der Waals surface area contributed by atoms with Crippen LogP contribution in [0.2, 0.25) is 0 Å². The van der Waals surface area contributed by atoms with Gasteiger partial charge in [-0.05, 0) is 24.8 Å². The Morgan fingerprint density at radius 2 is 2.03 bits per heavy atom. The maximum atomic E-state index is 13.2. The number of fused-ring (bicyclic) bond motifs is 1. The van der Waals surface area contributed by atoms with E-state index in [4.69, 9.17) is 4.98 Å². The van der Waals surface area contributed by atoms with Crippen LogP contribution in [0.4, 0.5) is 0 Å². The van der Waals surface area contributed by atoms with Gasteiger partial charge in [0.15, 0.2) is 5.16 Å². The zero-order chi connectivity index (χ0) is 20.9. The molecule has 1 amide bonds. The number of rotatable bonds is 8. The third-order valence-electron chi connectivity index (χ3n) is 5.62. The molecule has 158 valence electrons. The molecule has 0 spiro atoms. The van der Waals surface area contributed by atoms with Crippen molar-refractivity contribution in [2.45, 2.75) is 63.2 Å². The molecule has 0 aliphatic heterocycles. The van der Waals surface area contributed by atoms with Crippen molar-refractivity contribution in [1.82, 2.24) is 19.9 Å². The topological polar surface area (TPSA) is 79.8 Å². The fourth-order valence-corrected chi connectivity index (χ4v) is 4.83. The van der Waals surface area contributed by atoms with E-state index < -0.39 is 0 Å². The maximum absolute atomic E-state index is 13.2. The first-order valence-electron chi connectivity index (χ1n) is 10.8. The highest BCUT2D eigenvalue weighted by Gasteiger charge is 2.20. The zero-order valence-corrected chi connectivity index (χ0v) is 18.1. The van der Waals surface area contributed by atoms with Crippen molar-refractivity contribution in [3.05, 3.63) is 46.9 Å². The standard InChI is InChI=1S/C23H28N4O2S/c1-2-3-13-27-22(29)21-20(18(14-24-21)16-9-5-4-6-10-16)26-23(27)30-15-19(28)25-17-11-7-8-12-17/h4-6,9-10,14,17,24H,2-3,7-8,11-13,15H2,1H3,(H,25,28). The molecule has 2 heterocycles. The number of thioether (sulfide) groups is 1. The van der Waals surface area contributed by atoms with Crippen molar-refractivity contribution >= 4 is 28.7 Å². The Hall–Kier alpha value is -2.54. The minimum atomic E-state index is -0.0747. The minimum Gasteiger partial charge on any atom is -0.355 e. The summed E-state index contributed by atoms with van der Waals surface area (Å²) in [5.74, 6) is 0.284. The lowest BCUT2D eigenvalue weighted by molar-refractivity contribution is -0.119. The van der Waals surface area contributed by atoms with Gasteiger partial charge < -0.3 is 10.3 Å². The monoisotopic (exact) mass is 424 g/mol. The number of aromatic nitrogens is 3. The number of nitrogens with zero attached hydrogens (tertiary/aromatic N) is 2. The van der Waals surface area contributed by atoms with Gasteiger partial charge in [0.2, 0.25) is 5.91 Å². The van der Waals surface area contributed by atoms with Crippen molar-refractivity contribution in [2.24, 2.45) is 0 Å². The summed E-state index contributed by atoms with van der Waals surface area (Å²) >= 11 is 1.35. The quantitative estimate of drug-likeness (QED) is 0.416. The predicted octanol–water partition coefficient (Wildman–Crippen LogP) is 4.34. The average Bonchev–Trinajstić information content (AvgIpc) is 3.42. The van der Waals surface area contributed by atoms with Crippen molar-refractivity contribution < 1.29 is 4.79 Å². The van der Waals surface area contributed by atoms with Gasteiger partial charge in [-0.15, -0.1) is 0 Å². The first-order valence-corrected chi connectivity index (χ1v) is 11.8. The van der Waals surface area contributed by atoms with Gasteiger partial charge >= 0.3 is 0 Å². The molecule has 1 aliphatic carbocycles. The molecule has 0 saturated heterocycles. The van der Waals surface area contributed by atoms with Gasteiger partial charge in [0.1, 0.15) is 11.0 Å². The van der Waals surface area contributed by atoms with Gasteiger partial charge in [-0.3, -0.25) is 14.2 Å². The third-order valence-corrected chi connectivity index (χ3v) is 6.60. The molecule has 2 aromatic heterocycles. The lowest BCUT2D eigenvalue weighted by Crippen LogP contribution is -2.34. The fraction of sp³-hybridized carbons (Fsp3) is 0.435. The summed E-state index contributed by atoms with van der Waals surface area (Å²) in [6, 6.07) is 10.2. The number of aromatic amines is 1. The van der Waals surface area contributed by atoms with Crippen LogP contribution in [0.1, 0.15) is 45.4 Å². The smallest absolute Gasteiger partial charge is 0.278 e. The van der Waals surface area contributed by atoms with E-state index in [2.05, 4.69) is 17.2 Å². The Labute approximate surface area is 180 Å². The number of carbonyl (C=O) groups excluding carboxylic acids is 1. The second-order valence-corrected chi connectivity index (χ2v) is 8.78. The molecule has 1 fully saturated rings. The molecule has 1 aromatic carbocycles. The van der Waals surface area contributed by atoms with Crippen LogP contribution in [0.15, 0.2) is 46.5 Å². The highest BCUT2D eigenvalue weighted by molar-refractivity contribution is 7.99. The molecule has 1 saturated carbocycles. The Balaban J connectivity index is 1.64. The maximum Gasteiger partial charge on any atom is 0.278 e. The van der Waals surface area contributed by atoms with Crippen LogP contribution < -0.4 is 10.9 Å². The number of amides is 1. The zero-order valence-electron chi connectivity index (χ0n) is 17.3. The largest absolute Gasteiger partial charge is 0.355 e. The molecular weight excluding hydrogens is 396 g/mol. The van der Waals surface area contributed by atoms with E-state index in [0.717, 1.165) is 36.8 Å². The summed E-state index contributed by atoms with van der Waals surface area (Å²) in [5.41, 5.74) is 3.02. The van der Waals surface area contributed by atoms with Crippen LogP contribution in [0.25, 0.3) is 22.2 Å². The van der Waals surface area contributed by atoms with E-state index in [-0.39, 0.29) is 17.2 Å². The Morgan fingerprint density at radius 3 is 2.77 bits per heavy atom. The van der Waals surface area contributed by atoms with Gasteiger partial charge in [0.25, 0.3) is 5.56 Å². The van der Waals surface area contributed by atoms with Crippen LogP contribution in [0.5, 0.6) is 0 Å². The molecule has 7 heteroatoms. The molecule has 1 aliphatic rings. The van der Waals surface area contributed by atoms with E-state index in [1.54, 1.807) is 4.57 Å². The number of hydrogen-bond donors (Lipinski definition) is 2. The normalized spacial score (nSPS) is 14.4. The first kappa shape index (κ1) is 20.7. The molecule has 2 N–H and O–H groups in total. The van der Waals surface area contributed by atoms with Gasteiger partial charge in [0, 0.05) is 24.3 Å². The highest BCUT2D eigenvalue weighted by Crippen LogP contribution is 2.28. The summed E-state index contributed by atoms with van der Waals surface area (Å²) < 4.78 is 1.71. The Morgan fingerprint density at radius 1 is 1.27 bits per heavy atom. The second-order valence-electron chi connectivity index (χ2n) is 7.83. The summed E-state index contributed by atoms with van der Waals surface area (Å²) in [6.07, 6.45) is 8.21. The van der Waals surface area contributed by atoms with Crippen LogP contribution in [0, 0.1) is 0 Å². The Kier molecular flexibility index (Phi) is 6.57. The molecule has 3 aromatic rings. The fourth-order valence-electron chi connectivity index (χ4n) is 4.00. The van der Waals surface area contributed by atoms with Crippen LogP contribution in [0.3, 0.4) is 0 Å². The molecule has 0 bridgehead atoms. The van der Waals surface area contributed by atoms with Gasteiger partial charge in [-0.25, -0.2) is 4.98 Å². The van der Waals surface area contributed by atoms with Crippen molar-refractivity contribution in [1.29, 1.82) is 0 Å². The summed E-state index contributed by atoms with van der Waals surface area (Å²) in [6.45, 7) is 2.70. The SMILES string of the molecule is CCCCn1c(SCC(=O)NC2CCCC2)nc2c(-c3ccccc3)c[nH]c2c1=O. The summed E-state index contributed by atoms with van der Waals surface area (Å²) in [7, 11) is 0. The van der Waals surface area contributed by atoms with Gasteiger partial charge in [0.05, 0.1) is 5.75 Å². The number of H-pyrrole nitrogens is 1. The van der Waals surface area contributed by atoms with E-state index >= 15 is 0 Å². The number of unbranched alkanes of at least 4 members (excludes halogenated alkanes) is 1. The van der Waals surface area contributed by atoms with Gasteiger partial charge in [-0.2, -0.15) is 0 Å². The minimum absolute atomic E-state index is 0.0145. The third kappa shape index (κ3) is 4.46. The molecule has 0 unspecified atom stereocenters. The van der Waals surface area contributed by atoms with Crippen molar-refractivity contribution in [2.75, 3.05) is 5.75 Å².